The predicted molar refractivity (Wildman–Crippen MR) is 228 cm³/mol. The van der Waals surface area contributed by atoms with E-state index in [4.69, 9.17) is 4.42 Å². The van der Waals surface area contributed by atoms with Crippen molar-refractivity contribution in [3.63, 3.8) is 0 Å². The lowest BCUT2D eigenvalue weighted by atomic mass is 9.81. The van der Waals surface area contributed by atoms with Crippen LogP contribution in [0.1, 0.15) is 98.4 Å². The van der Waals surface area contributed by atoms with Gasteiger partial charge in [-0.3, -0.25) is 0 Å². The molecular weight excluding hydrogens is 667 g/mol. The summed E-state index contributed by atoms with van der Waals surface area (Å²) in [5.41, 5.74) is 18.5. The summed E-state index contributed by atoms with van der Waals surface area (Å²) in [6, 6.07) is 33.7. The molecule has 2 atom stereocenters. The van der Waals surface area contributed by atoms with Gasteiger partial charge in [-0.2, -0.15) is 0 Å². The molecule has 5 aromatic rings. The van der Waals surface area contributed by atoms with E-state index < -0.39 is 0 Å². The topological polar surface area (TPSA) is 16.4 Å². The Morgan fingerprint density at radius 3 is 2.27 bits per heavy atom. The molecule has 0 N–H and O–H groups in total. The highest BCUT2D eigenvalue weighted by atomic mass is 16.3. The zero-order valence-electron chi connectivity index (χ0n) is 32.3. The van der Waals surface area contributed by atoms with Crippen LogP contribution in [0.5, 0.6) is 0 Å². The first-order valence-electron chi connectivity index (χ1n) is 20.3. The number of allylic oxidation sites excluding steroid dienone is 11. The standard InChI is InChI=1S/C53H47NO/c1-51(2)43-24-10-8-21-38(43)39-23-15-20-37(30-45(39)51)54(36-19-14-18-35(27-28-36)34-16-6-5-7-17-34)53-29-13-12-26-48-50(47(53)33-53)42-31-41-40-22-9-11-25-44(40)52(3,4)46(41)32-49(42)55-48/h5-14,16-17,19-25,27-28,30-32,47H,15,18,26,29,33H2,1-4H3/b13-12-. The molecule has 1 fully saturated rings. The van der Waals surface area contributed by atoms with Crippen molar-refractivity contribution in [1.29, 1.82) is 0 Å². The van der Waals surface area contributed by atoms with E-state index >= 15 is 0 Å². The summed E-state index contributed by atoms with van der Waals surface area (Å²) in [7, 11) is 0. The summed E-state index contributed by atoms with van der Waals surface area (Å²) in [6.45, 7) is 9.54. The van der Waals surface area contributed by atoms with Gasteiger partial charge in [0.05, 0.1) is 5.54 Å². The third-order valence-corrected chi connectivity index (χ3v) is 13.8. The first kappa shape index (κ1) is 32.8. The quantitative estimate of drug-likeness (QED) is 0.172. The Bertz CT molecular complexity index is 2680. The van der Waals surface area contributed by atoms with Crippen molar-refractivity contribution in [2.45, 2.75) is 82.1 Å². The van der Waals surface area contributed by atoms with Crippen LogP contribution < -0.4 is 0 Å². The summed E-state index contributed by atoms with van der Waals surface area (Å²) in [4.78, 5) is 2.76. The molecule has 55 heavy (non-hydrogen) atoms. The van der Waals surface area contributed by atoms with Gasteiger partial charge < -0.3 is 9.32 Å². The molecular formula is C53H47NO. The number of fused-ring (bicyclic) bond motifs is 11. The van der Waals surface area contributed by atoms with Crippen molar-refractivity contribution < 1.29 is 4.42 Å². The Morgan fingerprint density at radius 2 is 1.44 bits per heavy atom. The maximum atomic E-state index is 6.94. The molecule has 270 valence electrons. The van der Waals surface area contributed by atoms with Gasteiger partial charge in [0.1, 0.15) is 11.3 Å². The van der Waals surface area contributed by atoms with E-state index in [1.165, 1.54) is 78.0 Å². The Morgan fingerprint density at radius 1 is 0.673 bits per heavy atom. The zero-order valence-corrected chi connectivity index (χ0v) is 32.3. The van der Waals surface area contributed by atoms with Crippen LogP contribution in [-0.4, -0.2) is 10.4 Å². The average molecular weight is 714 g/mol. The fraction of sp³-hybridized carbons (Fsp3) is 0.245. The molecule has 6 aliphatic carbocycles. The SMILES string of the molecule is CC1(C)C2=CC(N(C3=CC=C(c4ccccc4)CC=C3)C34C/C=C\Cc5oc6cc7c(cc6c5C3C4)-c3ccccc3C7(C)C)=CCC=C2c2ccccc21. The van der Waals surface area contributed by atoms with Crippen molar-refractivity contribution in [2.24, 2.45) is 0 Å². The van der Waals surface area contributed by atoms with Crippen molar-refractivity contribution in [1.82, 2.24) is 4.90 Å². The smallest absolute Gasteiger partial charge is 0.134 e. The minimum Gasteiger partial charge on any atom is -0.460 e. The van der Waals surface area contributed by atoms with E-state index in [2.05, 4.69) is 178 Å². The van der Waals surface area contributed by atoms with Crippen LogP contribution in [-0.2, 0) is 17.3 Å². The summed E-state index contributed by atoms with van der Waals surface area (Å²) in [5.74, 6) is 1.46. The molecule has 2 heteroatoms. The Kier molecular flexibility index (Phi) is 6.98. The monoisotopic (exact) mass is 713 g/mol. The molecule has 11 rings (SSSR count). The third kappa shape index (κ3) is 4.73. The number of hydrogen-bond donors (Lipinski definition) is 0. The van der Waals surface area contributed by atoms with E-state index in [9.17, 15) is 0 Å². The molecule has 2 nitrogen and oxygen atoms in total. The summed E-state index contributed by atoms with van der Waals surface area (Å²) < 4.78 is 6.94. The molecule has 0 radical (unpaired) electrons. The molecule has 0 aliphatic heterocycles. The fourth-order valence-corrected chi connectivity index (χ4v) is 10.9. The summed E-state index contributed by atoms with van der Waals surface area (Å²) in [5, 5.41) is 1.30. The second-order valence-electron chi connectivity index (χ2n) is 17.5. The lowest BCUT2D eigenvalue weighted by Gasteiger charge is -2.38. The van der Waals surface area contributed by atoms with Gasteiger partial charge in [-0.25, -0.2) is 0 Å². The van der Waals surface area contributed by atoms with Gasteiger partial charge in [0.15, 0.2) is 0 Å². The first-order valence-corrected chi connectivity index (χ1v) is 20.3. The van der Waals surface area contributed by atoms with Crippen LogP contribution in [0.25, 0.3) is 33.2 Å². The summed E-state index contributed by atoms with van der Waals surface area (Å²) in [6.07, 6.45) is 26.5. The Hall–Kier alpha value is -5.60. The second kappa shape index (κ2) is 11.7. The minimum atomic E-state index is -0.136. The second-order valence-corrected chi connectivity index (χ2v) is 17.5. The van der Waals surface area contributed by atoms with E-state index in [0.717, 1.165) is 43.4 Å². The molecule has 0 amide bonds. The maximum absolute atomic E-state index is 6.94. The Labute approximate surface area is 325 Å². The number of nitrogens with zero attached hydrogens (tertiary/aromatic N) is 1. The van der Waals surface area contributed by atoms with Gasteiger partial charge in [-0.05, 0) is 112 Å². The number of benzene rings is 4. The molecule has 0 saturated heterocycles. The van der Waals surface area contributed by atoms with Crippen LogP contribution in [0.3, 0.4) is 0 Å². The molecule has 2 unspecified atom stereocenters. The van der Waals surface area contributed by atoms with Crippen LogP contribution in [0.15, 0.2) is 167 Å². The van der Waals surface area contributed by atoms with Crippen LogP contribution in [0.4, 0.5) is 0 Å². The lowest BCUT2D eigenvalue weighted by Crippen LogP contribution is -2.37. The Balaban J connectivity index is 1.09. The highest BCUT2D eigenvalue weighted by Crippen LogP contribution is 2.64. The van der Waals surface area contributed by atoms with E-state index in [1.807, 2.05) is 0 Å². The molecule has 0 bridgehead atoms. The van der Waals surface area contributed by atoms with Crippen molar-refractivity contribution in [3.8, 4) is 11.1 Å². The van der Waals surface area contributed by atoms with E-state index in [-0.39, 0.29) is 16.4 Å². The highest BCUT2D eigenvalue weighted by Gasteiger charge is 2.61. The van der Waals surface area contributed by atoms with Crippen LogP contribution in [0.2, 0.25) is 0 Å². The van der Waals surface area contributed by atoms with Crippen LogP contribution in [0, 0.1) is 0 Å². The first-order chi connectivity index (χ1) is 26.8. The van der Waals surface area contributed by atoms with Crippen molar-refractivity contribution >= 4 is 22.1 Å². The summed E-state index contributed by atoms with van der Waals surface area (Å²) >= 11 is 0. The van der Waals surface area contributed by atoms with Gasteiger partial charge >= 0.3 is 0 Å². The number of hydrogen-bond acceptors (Lipinski definition) is 2. The highest BCUT2D eigenvalue weighted by molar-refractivity contribution is 5.94. The van der Waals surface area contributed by atoms with Gasteiger partial charge in [-0.15, -0.1) is 0 Å². The van der Waals surface area contributed by atoms with Gasteiger partial charge in [0.2, 0.25) is 0 Å². The van der Waals surface area contributed by atoms with E-state index in [0.29, 0.717) is 5.92 Å². The van der Waals surface area contributed by atoms with E-state index in [1.54, 1.807) is 0 Å². The molecule has 6 aliphatic rings. The normalized spacial score (nSPS) is 24.1. The van der Waals surface area contributed by atoms with Crippen LogP contribution >= 0.6 is 0 Å². The number of rotatable bonds is 4. The van der Waals surface area contributed by atoms with Gasteiger partial charge in [-0.1, -0.05) is 143 Å². The fourth-order valence-electron chi connectivity index (χ4n) is 10.9. The maximum Gasteiger partial charge on any atom is 0.134 e. The minimum absolute atomic E-state index is 0.0638. The predicted octanol–water partition coefficient (Wildman–Crippen LogP) is 13.3. The van der Waals surface area contributed by atoms with Gasteiger partial charge in [0.25, 0.3) is 0 Å². The molecule has 1 saturated carbocycles. The molecule has 1 heterocycles. The van der Waals surface area contributed by atoms with Gasteiger partial charge in [0, 0.05) is 45.5 Å². The van der Waals surface area contributed by atoms with Crippen molar-refractivity contribution in [3.05, 3.63) is 202 Å². The lowest BCUT2D eigenvalue weighted by molar-refractivity contribution is 0.296. The zero-order chi connectivity index (χ0) is 37.1. The third-order valence-electron chi connectivity index (χ3n) is 13.8. The molecule has 0 spiro atoms. The number of furan rings is 1. The van der Waals surface area contributed by atoms with Crippen molar-refractivity contribution in [2.75, 3.05) is 0 Å². The largest absolute Gasteiger partial charge is 0.460 e. The molecule has 1 aromatic heterocycles. The average Bonchev–Trinajstić information content (AvgIpc) is 3.80. The molecule has 4 aromatic carbocycles.